The van der Waals surface area contributed by atoms with Crippen LogP contribution >= 0.6 is 11.3 Å². The van der Waals surface area contributed by atoms with Gasteiger partial charge in [-0.25, -0.2) is 4.79 Å². The van der Waals surface area contributed by atoms with Gasteiger partial charge in [-0.3, -0.25) is 0 Å². The van der Waals surface area contributed by atoms with Gasteiger partial charge >= 0.3 is 5.97 Å². The van der Waals surface area contributed by atoms with Gasteiger partial charge in [0.2, 0.25) is 0 Å². The molecule has 6 heteroatoms. The fourth-order valence-corrected chi connectivity index (χ4v) is 5.01. The first kappa shape index (κ1) is 26.1. The second-order valence-electron chi connectivity index (χ2n) is 8.31. The Bertz CT molecular complexity index is 865. The molecule has 2 aromatic rings. The number of aliphatic hydroxyl groups excluding tert-OH is 3. The monoisotopic (exact) mass is 460 g/mol. The van der Waals surface area contributed by atoms with E-state index in [0.717, 1.165) is 66.5 Å². The highest BCUT2D eigenvalue weighted by molar-refractivity contribution is 7.13. The highest BCUT2D eigenvalue weighted by Gasteiger charge is 2.19. The van der Waals surface area contributed by atoms with Crippen molar-refractivity contribution in [1.29, 1.82) is 0 Å². The fourth-order valence-electron chi connectivity index (χ4n) is 4.12. The van der Waals surface area contributed by atoms with Crippen molar-refractivity contribution < 1.29 is 25.2 Å². The number of aliphatic hydroxyl groups is 3. The molecule has 0 saturated carbocycles. The number of carbonyl (C=O) groups is 1. The van der Waals surface area contributed by atoms with E-state index in [2.05, 4.69) is 6.92 Å². The summed E-state index contributed by atoms with van der Waals surface area (Å²) < 4.78 is 0. The first-order chi connectivity index (χ1) is 15.4. The summed E-state index contributed by atoms with van der Waals surface area (Å²) in [6.07, 6.45) is 6.40. The molecule has 0 aliphatic carbocycles. The van der Waals surface area contributed by atoms with Gasteiger partial charge < -0.3 is 20.4 Å². The van der Waals surface area contributed by atoms with Gasteiger partial charge in [0.05, 0.1) is 11.9 Å². The summed E-state index contributed by atoms with van der Waals surface area (Å²) in [5.74, 6) is -0.673. The van der Waals surface area contributed by atoms with E-state index in [1.54, 1.807) is 13.0 Å². The van der Waals surface area contributed by atoms with Crippen molar-refractivity contribution in [2.24, 2.45) is 5.92 Å². The zero-order chi connectivity index (χ0) is 23.5. The largest absolute Gasteiger partial charge is 0.512 e. The van der Waals surface area contributed by atoms with Gasteiger partial charge in [-0.05, 0) is 73.8 Å². The molecule has 0 radical (unpaired) electrons. The number of rotatable bonds is 14. The van der Waals surface area contributed by atoms with Gasteiger partial charge in [0.1, 0.15) is 4.88 Å². The van der Waals surface area contributed by atoms with Crippen LogP contribution in [0.15, 0.2) is 42.2 Å². The highest BCUT2D eigenvalue weighted by atomic mass is 32.1. The van der Waals surface area contributed by atoms with Crippen molar-refractivity contribution in [3.63, 3.8) is 0 Å². The predicted molar refractivity (Wildman–Crippen MR) is 130 cm³/mol. The Morgan fingerprint density at radius 3 is 2.25 bits per heavy atom. The molecule has 4 N–H and O–H groups in total. The van der Waals surface area contributed by atoms with Crippen LogP contribution in [-0.2, 0) is 6.42 Å². The van der Waals surface area contributed by atoms with Gasteiger partial charge in [0, 0.05) is 11.5 Å². The van der Waals surface area contributed by atoms with Crippen LogP contribution in [0.3, 0.4) is 0 Å². The number of aryl methyl sites for hydroxylation is 1. The van der Waals surface area contributed by atoms with Crippen LogP contribution in [0.2, 0.25) is 0 Å². The van der Waals surface area contributed by atoms with Crippen LogP contribution in [0.25, 0.3) is 5.57 Å². The Hall–Kier alpha value is -2.15. The molecule has 2 atom stereocenters. The number of allylic oxidation sites excluding steroid dienone is 2. The van der Waals surface area contributed by atoms with Crippen molar-refractivity contribution in [1.82, 2.24) is 0 Å². The number of carboxylic acid groups (broad SMARTS) is 1. The Balaban J connectivity index is 2.07. The molecule has 0 saturated heterocycles. The molecule has 0 aliphatic heterocycles. The first-order valence-electron chi connectivity index (χ1n) is 11.5. The van der Waals surface area contributed by atoms with Crippen LogP contribution < -0.4 is 0 Å². The molecule has 0 amide bonds. The van der Waals surface area contributed by atoms with E-state index in [9.17, 15) is 20.1 Å². The summed E-state index contributed by atoms with van der Waals surface area (Å²) in [4.78, 5) is 12.4. The lowest BCUT2D eigenvalue weighted by atomic mass is 9.85. The lowest BCUT2D eigenvalue weighted by Crippen LogP contribution is -2.09. The van der Waals surface area contributed by atoms with E-state index in [4.69, 9.17) is 5.11 Å². The molecule has 1 heterocycles. The Morgan fingerprint density at radius 1 is 0.969 bits per heavy atom. The minimum absolute atomic E-state index is 0.00997. The number of thiophene rings is 1. The zero-order valence-corrected chi connectivity index (χ0v) is 19.9. The molecular formula is C26H36O5S. The van der Waals surface area contributed by atoms with Crippen LogP contribution in [0, 0.1) is 5.92 Å². The average molecular weight is 461 g/mol. The quantitative estimate of drug-likeness (QED) is 0.194. The lowest BCUT2D eigenvalue weighted by Gasteiger charge is -2.22. The van der Waals surface area contributed by atoms with E-state index in [-0.39, 0.29) is 18.3 Å². The minimum atomic E-state index is -0.903. The molecule has 2 rings (SSSR count). The number of carboxylic acids is 1. The zero-order valence-electron chi connectivity index (χ0n) is 19.1. The van der Waals surface area contributed by atoms with Gasteiger partial charge in [-0.1, -0.05) is 50.5 Å². The second-order valence-corrected chi connectivity index (χ2v) is 9.47. The summed E-state index contributed by atoms with van der Waals surface area (Å²) in [5.41, 5.74) is 2.60. The second kappa shape index (κ2) is 13.4. The van der Waals surface area contributed by atoms with Gasteiger partial charge in [-0.15, -0.1) is 11.3 Å². The smallest absolute Gasteiger partial charge is 0.345 e. The predicted octanol–water partition coefficient (Wildman–Crippen LogP) is 6.37. The molecule has 5 nitrogen and oxygen atoms in total. The Morgan fingerprint density at radius 2 is 1.69 bits per heavy atom. The maximum absolute atomic E-state index is 11.1. The number of hydrogen-bond acceptors (Lipinski definition) is 5. The topological polar surface area (TPSA) is 98.0 Å². The van der Waals surface area contributed by atoms with Gasteiger partial charge in [0.25, 0.3) is 0 Å². The summed E-state index contributed by atoms with van der Waals surface area (Å²) in [5, 5.41) is 39.6. The number of hydrogen-bond donors (Lipinski definition) is 4. The lowest BCUT2D eigenvalue weighted by molar-refractivity contribution is 0.0702. The summed E-state index contributed by atoms with van der Waals surface area (Å²) in [7, 11) is 0. The molecule has 1 unspecified atom stereocenters. The summed E-state index contributed by atoms with van der Waals surface area (Å²) >= 11 is 1.29. The van der Waals surface area contributed by atoms with E-state index in [1.807, 2.05) is 30.3 Å². The average Bonchev–Trinajstić information content (AvgIpc) is 3.23. The number of benzene rings is 1. The third-order valence-electron chi connectivity index (χ3n) is 5.81. The molecule has 32 heavy (non-hydrogen) atoms. The van der Waals surface area contributed by atoms with Crippen molar-refractivity contribution in [2.45, 2.75) is 71.3 Å². The van der Waals surface area contributed by atoms with E-state index in [1.165, 1.54) is 11.3 Å². The molecule has 0 aliphatic rings. The molecule has 1 aromatic carbocycles. The third kappa shape index (κ3) is 7.76. The molecule has 0 bridgehead atoms. The van der Waals surface area contributed by atoms with Crippen molar-refractivity contribution >= 4 is 22.9 Å². The van der Waals surface area contributed by atoms with Crippen molar-refractivity contribution in [2.75, 3.05) is 6.61 Å². The molecule has 1 aromatic heterocycles. The summed E-state index contributed by atoms with van der Waals surface area (Å²) in [6.45, 7) is 3.84. The maximum Gasteiger partial charge on any atom is 0.345 e. The van der Waals surface area contributed by atoms with Crippen LogP contribution in [0.5, 0.6) is 0 Å². The molecule has 0 spiro atoms. The van der Waals surface area contributed by atoms with E-state index < -0.39 is 12.1 Å². The van der Waals surface area contributed by atoms with Crippen molar-refractivity contribution in [3.8, 4) is 0 Å². The third-order valence-corrected chi connectivity index (χ3v) is 6.94. The number of unbranched alkanes of at least 4 members (excludes halogenated alkanes) is 2. The van der Waals surface area contributed by atoms with Crippen LogP contribution in [0.4, 0.5) is 0 Å². The fraction of sp³-hybridized carbons (Fsp3) is 0.500. The highest BCUT2D eigenvalue weighted by Crippen LogP contribution is 2.34. The van der Waals surface area contributed by atoms with E-state index in [0.29, 0.717) is 11.3 Å². The standard InChI is InChI=1S/C26H36O5S/c1-3-4-5-9-23(29)19-10-12-21(13-11-19)25(18(2)28)20(16-17-27)7-6-8-22-14-15-24(32-22)26(30)31/h10-15,20,23,27-29H,3-9,16-17H2,1-2H3,(H,30,31)/b25-18-/t20-,23?/m0/s1. The normalized spacial score (nSPS) is 14.1. The minimum Gasteiger partial charge on any atom is -0.512 e. The Kier molecular flexibility index (Phi) is 10.9. The van der Waals surface area contributed by atoms with Crippen LogP contribution in [-0.4, -0.2) is 33.0 Å². The molecular weight excluding hydrogens is 424 g/mol. The SMILES string of the molecule is CCCCCC(O)c1ccc(/C(=C(/C)O)[C@H](CCO)CCCc2ccc(C(=O)O)s2)cc1. The van der Waals surface area contributed by atoms with Crippen LogP contribution in [0.1, 0.15) is 90.6 Å². The maximum atomic E-state index is 11.1. The van der Waals surface area contributed by atoms with Gasteiger partial charge in [-0.2, -0.15) is 0 Å². The molecule has 176 valence electrons. The Labute approximate surface area is 195 Å². The number of aromatic carboxylic acids is 1. The first-order valence-corrected chi connectivity index (χ1v) is 12.3. The summed E-state index contributed by atoms with van der Waals surface area (Å²) in [6, 6.07) is 11.2. The van der Waals surface area contributed by atoms with Crippen molar-refractivity contribution in [3.05, 3.63) is 63.0 Å². The van der Waals surface area contributed by atoms with E-state index >= 15 is 0 Å². The molecule has 0 fully saturated rings. The van der Waals surface area contributed by atoms with Gasteiger partial charge in [0.15, 0.2) is 0 Å².